The molecule has 94 valence electrons. The third kappa shape index (κ3) is 2.49. The Morgan fingerprint density at radius 2 is 2.11 bits per heavy atom. The predicted molar refractivity (Wildman–Crippen MR) is 82.4 cm³/mol. The molecule has 1 unspecified atom stereocenters. The largest absolute Gasteiger partial charge is 0.376 e. The molecule has 3 rings (SSSR count). The average molecular weight is 331 g/mol. The Balaban J connectivity index is 1.90. The summed E-state index contributed by atoms with van der Waals surface area (Å²) in [7, 11) is 0. The first-order valence-corrected chi connectivity index (χ1v) is 7.73. The Morgan fingerprint density at radius 3 is 2.95 bits per heavy atom. The molecule has 0 fully saturated rings. The molecule has 1 aliphatic rings. The van der Waals surface area contributed by atoms with E-state index in [-0.39, 0.29) is 6.04 Å². The maximum Gasteiger partial charge on any atom is 0.101 e. The highest BCUT2D eigenvalue weighted by Gasteiger charge is 2.23. The van der Waals surface area contributed by atoms with E-state index in [9.17, 15) is 5.26 Å². The molecule has 2 nitrogen and oxygen atoms in total. The van der Waals surface area contributed by atoms with Crippen LogP contribution in [0.5, 0.6) is 0 Å². The van der Waals surface area contributed by atoms with Gasteiger partial charge in [-0.25, -0.2) is 0 Å². The van der Waals surface area contributed by atoms with E-state index in [2.05, 4.69) is 51.6 Å². The zero-order chi connectivity index (χ0) is 13.2. The highest BCUT2D eigenvalue weighted by molar-refractivity contribution is 9.10. The van der Waals surface area contributed by atoms with E-state index in [4.69, 9.17) is 0 Å². The number of rotatable bonds is 2. The van der Waals surface area contributed by atoms with Gasteiger partial charge in [0.1, 0.15) is 6.07 Å². The van der Waals surface area contributed by atoms with Crippen LogP contribution in [-0.2, 0) is 0 Å². The van der Waals surface area contributed by atoms with E-state index in [0.717, 1.165) is 15.9 Å². The van der Waals surface area contributed by atoms with Gasteiger partial charge in [-0.15, -0.1) is 11.8 Å². The van der Waals surface area contributed by atoms with Crippen molar-refractivity contribution >= 4 is 33.4 Å². The molecule has 2 aromatic carbocycles. The number of hydrogen-bond acceptors (Lipinski definition) is 3. The Kier molecular flexibility index (Phi) is 3.50. The van der Waals surface area contributed by atoms with Gasteiger partial charge in [0.25, 0.3) is 0 Å². The smallest absolute Gasteiger partial charge is 0.101 e. The molecule has 0 saturated carbocycles. The lowest BCUT2D eigenvalue weighted by Crippen LogP contribution is -2.10. The van der Waals surface area contributed by atoms with Gasteiger partial charge in [0.15, 0.2) is 0 Å². The molecule has 0 spiro atoms. The maximum absolute atomic E-state index is 9.20. The van der Waals surface area contributed by atoms with E-state index in [0.29, 0.717) is 5.56 Å². The van der Waals surface area contributed by atoms with Gasteiger partial charge >= 0.3 is 0 Å². The predicted octanol–water partition coefficient (Wildman–Crippen LogP) is 4.58. The summed E-state index contributed by atoms with van der Waals surface area (Å²) in [6, 6.07) is 16.7. The summed E-state index contributed by atoms with van der Waals surface area (Å²) in [4.78, 5) is 1.33. The fraction of sp³-hybridized carbons (Fsp3) is 0.133. The van der Waals surface area contributed by atoms with Gasteiger partial charge in [0, 0.05) is 15.1 Å². The summed E-state index contributed by atoms with van der Waals surface area (Å²) in [5.41, 5.74) is 2.89. The van der Waals surface area contributed by atoms with Crippen LogP contribution in [0.4, 0.5) is 5.69 Å². The van der Waals surface area contributed by atoms with Gasteiger partial charge in [-0.2, -0.15) is 5.26 Å². The van der Waals surface area contributed by atoms with Crippen molar-refractivity contribution in [2.45, 2.75) is 10.9 Å². The van der Waals surface area contributed by atoms with Crippen molar-refractivity contribution in [3.8, 4) is 6.07 Å². The molecular weight excluding hydrogens is 320 g/mol. The van der Waals surface area contributed by atoms with Crippen LogP contribution < -0.4 is 5.32 Å². The molecule has 1 heterocycles. The number of benzene rings is 2. The Bertz CT molecular complexity index is 663. The Hall–Kier alpha value is -1.44. The third-order valence-electron chi connectivity index (χ3n) is 3.13. The van der Waals surface area contributed by atoms with Crippen LogP contribution in [0.2, 0.25) is 0 Å². The van der Waals surface area contributed by atoms with Crippen LogP contribution in [0.15, 0.2) is 51.8 Å². The van der Waals surface area contributed by atoms with E-state index in [1.807, 2.05) is 30.0 Å². The second-order valence-electron chi connectivity index (χ2n) is 4.35. The van der Waals surface area contributed by atoms with Gasteiger partial charge < -0.3 is 5.32 Å². The van der Waals surface area contributed by atoms with E-state index in [1.165, 1.54) is 10.5 Å². The van der Waals surface area contributed by atoms with Crippen molar-refractivity contribution in [1.29, 1.82) is 5.26 Å². The molecule has 0 saturated heterocycles. The Labute approximate surface area is 125 Å². The van der Waals surface area contributed by atoms with E-state index < -0.39 is 0 Å². The van der Waals surface area contributed by atoms with Crippen molar-refractivity contribution in [3.63, 3.8) is 0 Å². The molecule has 0 aromatic heterocycles. The first-order valence-electron chi connectivity index (χ1n) is 5.96. The fourth-order valence-corrected chi connectivity index (χ4v) is 3.73. The highest BCUT2D eigenvalue weighted by Crippen LogP contribution is 2.40. The summed E-state index contributed by atoms with van der Waals surface area (Å²) in [5.74, 6) is 1.00. The number of nitrogens with zero attached hydrogens (tertiary/aromatic N) is 1. The van der Waals surface area contributed by atoms with Gasteiger partial charge in [-0.05, 0) is 29.8 Å². The molecule has 1 aliphatic heterocycles. The number of nitrogens with one attached hydrogen (secondary N) is 1. The quantitative estimate of drug-likeness (QED) is 0.875. The first-order chi connectivity index (χ1) is 9.28. The van der Waals surface area contributed by atoms with Crippen LogP contribution >= 0.6 is 27.7 Å². The molecule has 4 heteroatoms. The third-order valence-corrected chi connectivity index (χ3v) is 4.81. The molecular formula is C15H11BrN2S. The number of halogens is 1. The number of anilines is 1. The van der Waals surface area contributed by atoms with Crippen LogP contribution in [-0.4, -0.2) is 5.75 Å². The van der Waals surface area contributed by atoms with Crippen molar-refractivity contribution in [2.24, 2.45) is 0 Å². The molecule has 0 bridgehead atoms. The van der Waals surface area contributed by atoms with E-state index >= 15 is 0 Å². The minimum Gasteiger partial charge on any atom is -0.376 e. The topological polar surface area (TPSA) is 35.8 Å². The maximum atomic E-state index is 9.20. The Morgan fingerprint density at radius 1 is 1.26 bits per heavy atom. The normalized spacial score (nSPS) is 16.7. The van der Waals surface area contributed by atoms with Crippen LogP contribution in [0.25, 0.3) is 0 Å². The van der Waals surface area contributed by atoms with Gasteiger partial charge in [-0.1, -0.05) is 34.1 Å². The minimum atomic E-state index is 0.273. The van der Waals surface area contributed by atoms with Crippen LogP contribution in [0.1, 0.15) is 17.2 Å². The number of nitriles is 1. The van der Waals surface area contributed by atoms with Gasteiger partial charge in [-0.3, -0.25) is 0 Å². The van der Waals surface area contributed by atoms with Gasteiger partial charge in [0.05, 0.1) is 17.3 Å². The fourth-order valence-electron chi connectivity index (χ4n) is 2.20. The lowest BCUT2D eigenvalue weighted by molar-refractivity contribution is 0.899. The van der Waals surface area contributed by atoms with Crippen molar-refractivity contribution < 1.29 is 0 Å². The summed E-state index contributed by atoms with van der Waals surface area (Å²) in [6.07, 6.45) is 0. The monoisotopic (exact) mass is 330 g/mol. The zero-order valence-corrected chi connectivity index (χ0v) is 12.5. The summed E-state index contributed by atoms with van der Waals surface area (Å²) in [5, 5.41) is 12.7. The molecule has 2 aromatic rings. The number of thioether (sulfide) groups is 1. The van der Waals surface area contributed by atoms with Gasteiger partial charge in [0.2, 0.25) is 0 Å². The second kappa shape index (κ2) is 5.28. The molecule has 1 N–H and O–H groups in total. The highest BCUT2D eigenvalue weighted by atomic mass is 79.9. The zero-order valence-electron chi connectivity index (χ0n) is 10.1. The minimum absolute atomic E-state index is 0.273. The standard InChI is InChI=1S/C15H11BrN2S/c16-11-5-6-13(10(7-11)8-17)18-14-9-19-15-4-2-1-3-12(14)15/h1-7,14,18H,9H2. The molecule has 0 amide bonds. The summed E-state index contributed by atoms with van der Waals surface area (Å²) < 4.78 is 0.927. The molecule has 0 radical (unpaired) electrons. The lowest BCUT2D eigenvalue weighted by atomic mass is 10.1. The lowest BCUT2D eigenvalue weighted by Gasteiger charge is -2.16. The molecule has 19 heavy (non-hydrogen) atoms. The summed E-state index contributed by atoms with van der Waals surface area (Å²) in [6.45, 7) is 0. The summed E-state index contributed by atoms with van der Waals surface area (Å²) >= 11 is 5.25. The van der Waals surface area contributed by atoms with E-state index in [1.54, 1.807) is 0 Å². The van der Waals surface area contributed by atoms with Crippen LogP contribution in [0.3, 0.4) is 0 Å². The first kappa shape index (κ1) is 12.6. The second-order valence-corrected chi connectivity index (χ2v) is 6.32. The molecule has 0 aliphatic carbocycles. The molecule has 1 atom stereocenters. The van der Waals surface area contributed by atoms with Crippen molar-refractivity contribution in [3.05, 3.63) is 58.1 Å². The average Bonchev–Trinajstić information content (AvgIpc) is 2.84. The van der Waals surface area contributed by atoms with Crippen molar-refractivity contribution in [2.75, 3.05) is 11.1 Å². The van der Waals surface area contributed by atoms with Crippen LogP contribution in [0, 0.1) is 11.3 Å². The number of hydrogen-bond donors (Lipinski definition) is 1. The SMILES string of the molecule is N#Cc1cc(Br)ccc1NC1CSc2ccccc21. The van der Waals surface area contributed by atoms with Crippen molar-refractivity contribution in [1.82, 2.24) is 0 Å². The number of fused-ring (bicyclic) bond motifs is 1.